The molecule has 3 N–H and O–H groups in total. The average Bonchev–Trinajstić information content (AvgIpc) is 2.53. The van der Waals surface area contributed by atoms with Crippen LogP contribution in [0.3, 0.4) is 0 Å². The number of ether oxygens (including phenoxy) is 2. The smallest absolute Gasteiger partial charge is 0.119 e. The molecule has 1 unspecified atom stereocenters. The molecule has 0 aromatic heterocycles. The Morgan fingerprint density at radius 1 is 1.14 bits per heavy atom. The number of aliphatic hydroxyl groups excluding tert-OH is 1. The van der Waals surface area contributed by atoms with E-state index in [-0.39, 0.29) is 6.61 Å². The third kappa shape index (κ3) is 5.65. The molecule has 0 amide bonds. The predicted octanol–water partition coefficient (Wildman–Crippen LogP) is 2.48. The lowest BCUT2D eigenvalue weighted by Crippen LogP contribution is -2.28. The van der Waals surface area contributed by atoms with E-state index in [1.807, 2.05) is 24.3 Å². The molecular weight excluding hydrogens is 266 g/mol. The first-order valence-corrected chi connectivity index (χ1v) is 7.89. The first kappa shape index (κ1) is 16.3. The molecule has 21 heavy (non-hydrogen) atoms. The molecule has 0 bridgehead atoms. The van der Waals surface area contributed by atoms with Gasteiger partial charge in [-0.1, -0.05) is 19.1 Å². The third-order valence-corrected chi connectivity index (χ3v) is 4.09. The van der Waals surface area contributed by atoms with E-state index in [4.69, 9.17) is 15.2 Å². The second kappa shape index (κ2) is 8.37. The Bertz CT molecular complexity index is 399. The Kier molecular flexibility index (Phi) is 6.49. The van der Waals surface area contributed by atoms with Crippen molar-refractivity contribution in [2.45, 2.75) is 51.4 Å². The summed E-state index contributed by atoms with van der Waals surface area (Å²) in [6.45, 7) is 3.41. The maximum Gasteiger partial charge on any atom is 0.119 e. The number of nitrogens with two attached hydrogens (primary N) is 1. The van der Waals surface area contributed by atoms with Gasteiger partial charge in [-0.25, -0.2) is 0 Å². The molecule has 1 fully saturated rings. The summed E-state index contributed by atoms with van der Waals surface area (Å²) >= 11 is 0. The molecular formula is C17H27NO3. The first-order chi connectivity index (χ1) is 10.2. The van der Waals surface area contributed by atoms with Crippen LogP contribution in [-0.2, 0) is 11.3 Å². The largest absolute Gasteiger partial charge is 0.491 e. The maximum atomic E-state index is 9.92. The highest BCUT2D eigenvalue weighted by Crippen LogP contribution is 2.25. The van der Waals surface area contributed by atoms with Gasteiger partial charge >= 0.3 is 0 Å². The Hall–Kier alpha value is -1.10. The van der Waals surface area contributed by atoms with E-state index in [9.17, 15) is 5.11 Å². The van der Waals surface area contributed by atoms with Crippen LogP contribution < -0.4 is 10.5 Å². The maximum absolute atomic E-state index is 9.92. The van der Waals surface area contributed by atoms with Gasteiger partial charge in [0.25, 0.3) is 0 Å². The van der Waals surface area contributed by atoms with Crippen LogP contribution in [0.25, 0.3) is 0 Å². The second-order valence-electron chi connectivity index (χ2n) is 6.03. The molecule has 1 saturated carbocycles. The Labute approximate surface area is 127 Å². The summed E-state index contributed by atoms with van der Waals surface area (Å²) in [6.07, 6.45) is 4.39. The van der Waals surface area contributed by atoms with Crippen LogP contribution in [0.4, 0.5) is 0 Å². The summed E-state index contributed by atoms with van der Waals surface area (Å²) in [6, 6.07) is 7.61. The van der Waals surface area contributed by atoms with Crippen molar-refractivity contribution in [1.82, 2.24) is 0 Å². The van der Waals surface area contributed by atoms with Gasteiger partial charge in [0.15, 0.2) is 0 Å². The summed E-state index contributed by atoms with van der Waals surface area (Å²) in [5, 5.41) is 9.92. The second-order valence-corrected chi connectivity index (χ2v) is 6.03. The highest BCUT2D eigenvalue weighted by atomic mass is 16.5. The summed E-state index contributed by atoms with van der Waals surface area (Å²) < 4.78 is 11.3. The van der Waals surface area contributed by atoms with Crippen molar-refractivity contribution in [3.8, 4) is 5.75 Å². The molecule has 1 aromatic carbocycles. The molecule has 4 nitrogen and oxygen atoms in total. The van der Waals surface area contributed by atoms with Gasteiger partial charge in [-0.15, -0.1) is 0 Å². The first-order valence-electron chi connectivity index (χ1n) is 7.89. The van der Waals surface area contributed by atoms with Crippen molar-refractivity contribution in [3.63, 3.8) is 0 Å². The Morgan fingerprint density at radius 3 is 2.43 bits per heavy atom. The fourth-order valence-corrected chi connectivity index (χ4v) is 2.61. The summed E-state index contributed by atoms with van der Waals surface area (Å²) in [4.78, 5) is 0. The molecule has 1 aliphatic rings. The van der Waals surface area contributed by atoms with Crippen molar-refractivity contribution >= 4 is 0 Å². The van der Waals surface area contributed by atoms with Gasteiger partial charge in [0, 0.05) is 6.54 Å². The lowest BCUT2D eigenvalue weighted by Gasteiger charge is -2.27. The lowest BCUT2D eigenvalue weighted by atomic mass is 9.89. The molecule has 118 valence electrons. The van der Waals surface area contributed by atoms with Crippen LogP contribution in [0, 0.1) is 5.92 Å². The molecule has 1 aliphatic carbocycles. The van der Waals surface area contributed by atoms with Gasteiger partial charge in [0.1, 0.15) is 18.5 Å². The van der Waals surface area contributed by atoms with Gasteiger partial charge in [-0.2, -0.15) is 0 Å². The Morgan fingerprint density at radius 2 is 1.81 bits per heavy atom. The third-order valence-electron chi connectivity index (χ3n) is 4.09. The molecule has 0 heterocycles. The number of benzene rings is 1. The van der Waals surface area contributed by atoms with Crippen LogP contribution in [0.5, 0.6) is 5.75 Å². The SMILES string of the molecule is CC1CCC(OCC(O)COc2ccc(CN)cc2)CC1. The monoisotopic (exact) mass is 293 g/mol. The van der Waals surface area contributed by atoms with Gasteiger partial charge < -0.3 is 20.3 Å². The van der Waals surface area contributed by atoms with E-state index in [2.05, 4.69) is 6.92 Å². The van der Waals surface area contributed by atoms with Gasteiger partial charge in [-0.3, -0.25) is 0 Å². The zero-order valence-corrected chi connectivity index (χ0v) is 12.8. The molecule has 0 aliphatic heterocycles. The highest BCUT2D eigenvalue weighted by Gasteiger charge is 2.19. The van der Waals surface area contributed by atoms with Gasteiger partial charge in [0.2, 0.25) is 0 Å². The van der Waals surface area contributed by atoms with Crippen LogP contribution in [0.2, 0.25) is 0 Å². The van der Waals surface area contributed by atoms with Crippen molar-refractivity contribution in [2.24, 2.45) is 11.7 Å². The molecule has 2 rings (SSSR count). The Balaban J connectivity index is 1.63. The highest BCUT2D eigenvalue weighted by molar-refractivity contribution is 5.27. The summed E-state index contributed by atoms with van der Waals surface area (Å²) in [7, 11) is 0. The summed E-state index contributed by atoms with van der Waals surface area (Å²) in [5.41, 5.74) is 6.61. The normalized spacial score (nSPS) is 23.8. The minimum absolute atomic E-state index is 0.255. The lowest BCUT2D eigenvalue weighted by molar-refractivity contribution is -0.0402. The minimum atomic E-state index is -0.585. The average molecular weight is 293 g/mol. The van der Waals surface area contributed by atoms with Crippen LogP contribution in [0.15, 0.2) is 24.3 Å². The van der Waals surface area contributed by atoms with Crippen molar-refractivity contribution in [3.05, 3.63) is 29.8 Å². The standard InChI is InChI=1S/C17H27NO3/c1-13-2-6-16(7-3-13)20-11-15(19)12-21-17-8-4-14(10-18)5-9-17/h4-5,8-9,13,15-16,19H,2-3,6-7,10-12,18H2,1H3. The minimum Gasteiger partial charge on any atom is -0.491 e. The number of aliphatic hydroxyl groups is 1. The zero-order chi connectivity index (χ0) is 15.1. The van der Waals surface area contributed by atoms with Crippen LogP contribution in [0.1, 0.15) is 38.2 Å². The van der Waals surface area contributed by atoms with Gasteiger partial charge in [0.05, 0.1) is 12.7 Å². The molecule has 0 radical (unpaired) electrons. The van der Waals surface area contributed by atoms with E-state index in [1.54, 1.807) is 0 Å². The molecule has 1 atom stereocenters. The summed E-state index contributed by atoms with van der Waals surface area (Å²) in [5.74, 6) is 1.56. The molecule has 0 saturated heterocycles. The van der Waals surface area contributed by atoms with Crippen LogP contribution in [-0.4, -0.2) is 30.5 Å². The quantitative estimate of drug-likeness (QED) is 0.810. The predicted molar refractivity (Wildman–Crippen MR) is 83.2 cm³/mol. The van der Waals surface area contributed by atoms with E-state index < -0.39 is 6.10 Å². The zero-order valence-electron chi connectivity index (χ0n) is 12.8. The fraction of sp³-hybridized carbons (Fsp3) is 0.647. The van der Waals surface area contributed by atoms with E-state index >= 15 is 0 Å². The molecule has 4 heteroatoms. The number of rotatable bonds is 7. The van der Waals surface area contributed by atoms with E-state index in [0.29, 0.717) is 19.3 Å². The molecule has 1 aromatic rings. The molecule has 0 spiro atoms. The van der Waals surface area contributed by atoms with Crippen LogP contribution >= 0.6 is 0 Å². The van der Waals surface area contributed by atoms with Gasteiger partial charge in [-0.05, 0) is 49.3 Å². The fourth-order valence-electron chi connectivity index (χ4n) is 2.61. The van der Waals surface area contributed by atoms with Crippen molar-refractivity contribution in [1.29, 1.82) is 0 Å². The van der Waals surface area contributed by atoms with E-state index in [0.717, 1.165) is 30.1 Å². The van der Waals surface area contributed by atoms with Crippen molar-refractivity contribution < 1.29 is 14.6 Å². The number of hydrogen-bond donors (Lipinski definition) is 2. The number of hydrogen-bond acceptors (Lipinski definition) is 4. The van der Waals surface area contributed by atoms with Crippen molar-refractivity contribution in [2.75, 3.05) is 13.2 Å². The topological polar surface area (TPSA) is 64.7 Å². The van der Waals surface area contributed by atoms with E-state index in [1.165, 1.54) is 12.8 Å².